The second-order valence-electron chi connectivity index (χ2n) is 5.95. The van der Waals surface area contributed by atoms with E-state index < -0.39 is 5.60 Å². The fraction of sp³-hybridized carbons (Fsp3) is 0.500. The lowest BCUT2D eigenvalue weighted by atomic mass is 10.0. The molecule has 7 heteroatoms. The molecule has 0 bridgehead atoms. The number of rotatable bonds is 4. The molecule has 0 aliphatic carbocycles. The monoisotopic (exact) mass is 316 g/mol. The molecule has 1 unspecified atom stereocenters. The number of aliphatic hydroxyl groups is 1. The topological polar surface area (TPSA) is 92.4 Å². The van der Waals surface area contributed by atoms with Gasteiger partial charge in [0, 0.05) is 31.3 Å². The fourth-order valence-electron chi connectivity index (χ4n) is 2.66. The highest BCUT2D eigenvalue weighted by Gasteiger charge is 2.44. The zero-order valence-electron chi connectivity index (χ0n) is 13.3. The number of amides is 1. The molecule has 3 heterocycles. The summed E-state index contributed by atoms with van der Waals surface area (Å²) in [6.45, 7) is 4.47. The molecule has 0 aromatic carbocycles. The molecule has 0 saturated carbocycles. The molecule has 3 rings (SSSR count). The molecule has 1 saturated heterocycles. The summed E-state index contributed by atoms with van der Waals surface area (Å²) in [6.07, 6.45) is 3.02. The third-order valence-electron chi connectivity index (χ3n) is 4.11. The van der Waals surface area contributed by atoms with Gasteiger partial charge in [-0.25, -0.2) is 0 Å². The van der Waals surface area contributed by atoms with Crippen LogP contribution in [0, 0.1) is 6.92 Å². The largest absolute Gasteiger partial charge is 0.378 e. The van der Waals surface area contributed by atoms with Crippen LogP contribution in [0.4, 0.5) is 0 Å². The average Bonchev–Trinajstić information content (AvgIpc) is 3.17. The van der Waals surface area contributed by atoms with E-state index in [1.165, 1.54) is 0 Å². The van der Waals surface area contributed by atoms with Crippen molar-refractivity contribution in [1.29, 1.82) is 0 Å². The molecule has 7 nitrogen and oxygen atoms in total. The van der Waals surface area contributed by atoms with Crippen molar-refractivity contribution in [3.8, 4) is 0 Å². The molecule has 2 aromatic rings. The number of aromatic nitrogens is 3. The zero-order chi connectivity index (χ0) is 16.4. The third kappa shape index (κ3) is 3.24. The predicted octanol–water partition coefficient (Wildman–Crippen LogP) is 0.998. The molecule has 1 atom stereocenters. The number of β-amino-alcohol motifs (C(OH)–C–C–N with tert-alkyl or cyclic N) is 1. The minimum Gasteiger partial charge on any atom is -0.378 e. The van der Waals surface area contributed by atoms with Gasteiger partial charge in [0.2, 0.25) is 5.91 Å². The van der Waals surface area contributed by atoms with Gasteiger partial charge in [-0.3, -0.25) is 9.78 Å². The Balaban J connectivity index is 1.66. The van der Waals surface area contributed by atoms with E-state index in [0.717, 1.165) is 11.3 Å². The van der Waals surface area contributed by atoms with Crippen LogP contribution < -0.4 is 0 Å². The Morgan fingerprint density at radius 3 is 2.96 bits per heavy atom. The van der Waals surface area contributed by atoms with Crippen LogP contribution in [0.2, 0.25) is 0 Å². The van der Waals surface area contributed by atoms with Crippen LogP contribution in [-0.4, -0.2) is 44.1 Å². The van der Waals surface area contributed by atoms with E-state index in [1.807, 2.05) is 26.0 Å². The summed E-state index contributed by atoms with van der Waals surface area (Å²) in [5.74, 6) is 0.715. The Morgan fingerprint density at radius 2 is 2.30 bits per heavy atom. The van der Waals surface area contributed by atoms with Crippen molar-refractivity contribution >= 4 is 5.91 Å². The third-order valence-corrected chi connectivity index (χ3v) is 4.11. The van der Waals surface area contributed by atoms with Crippen LogP contribution in [0.1, 0.15) is 36.3 Å². The van der Waals surface area contributed by atoms with Gasteiger partial charge in [0.15, 0.2) is 11.4 Å². The summed E-state index contributed by atoms with van der Waals surface area (Å²) in [7, 11) is 0. The van der Waals surface area contributed by atoms with Crippen molar-refractivity contribution in [2.24, 2.45) is 0 Å². The quantitative estimate of drug-likeness (QED) is 0.904. The molecule has 0 radical (unpaired) electrons. The van der Waals surface area contributed by atoms with Crippen molar-refractivity contribution in [3.05, 3.63) is 41.3 Å². The normalized spacial score (nSPS) is 20.9. The van der Waals surface area contributed by atoms with Crippen molar-refractivity contribution in [1.82, 2.24) is 20.0 Å². The van der Waals surface area contributed by atoms with Gasteiger partial charge in [-0.2, -0.15) is 4.98 Å². The van der Waals surface area contributed by atoms with Crippen LogP contribution in [0.5, 0.6) is 0 Å². The first-order chi connectivity index (χ1) is 11.0. The van der Waals surface area contributed by atoms with Gasteiger partial charge >= 0.3 is 0 Å². The van der Waals surface area contributed by atoms with Gasteiger partial charge in [-0.1, -0.05) is 18.1 Å². The Labute approximate surface area is 134 Å². The highest BCUT2D eigenvalue weighted by molar-refractivity contribution is 5.79. The number of likely N-dealkylation sites (tertiary alicyclic amines) is 1. The second-order valence-corrected chi connectivity index (χ2v) is 5.95. The van der Waals surface area contributed by atoms with Gasteiger partial charge in [0.25, 0.3) is 5.89 Å². The summed E-state index contributed by atoms with van der Waals surface area (Å²) < 4.78 is 5.14. The summed E-state index contributed by atoms with van der Waals surface area (Å²) >= 11 is 0. The van der Waals surface area contributed by atoms with Crippen LogP contribution in [-0.2, 0) is 23.2 Å². The SMILES string of the molecule is CCc1noc(C2(O)CCN(C(=O)Cc3ccc(C)nc3)C2)n1. The first kappa shape index (κ1) is 15.6. The Morgan fingerprint density at radius 1 is 1.48 bits per heavy atom. The summed E-state index contributed by atoms with van der Waals surface area (Å²) in [5, 5.41) is 14.5. The molecular weight excluding hydrogens is 296 g/mol. The van der Waals surface area contributed by atoms with E-state index in [-0.39, 0.29) is 24.8 Å². The van der Waals surface area contributed by atoms with Gasteiger partial charge < -0.3 is 14.5 Å². The van der Waals surface area contributed by atoms with Crippen molar-refractivity contribution < 1.29 is 14.4 Å². The lowest BCUT2D eigenvalue weighted by Crippen LogP contribution is -2.35. The molecule has 23 heavy (non-hydrogen) atoms. The van der Waals surface area contributed by atoms with E-state index >= 15 is 0 Å². The number of carbonyl (C=O) groups is 1. The van der Waals surface area contributed by atoms with Gasteiger partial charge in [-0.05, 0) is 18.6 Å². The molecule has 1 N–H and O–H groups in total. The van der Waals surface area contributed by atoms with E-state index in [2.05, 4.69) is 15.1 Å². The smallest absolute Gasteiger partial charge is 0.260 e. The minimum atomic E-state index is -1.25. The molecular formula is C16H20N4O3. The maximum atomic E-state index is 12.4. The number of pyridine rings is 1. The van der Waals surface area contributed by atoms with Crippen molar-refractivity contribution in [2.75, 3.05) is 13.1 Å². The Kier molecular flexibility index (Phi) is 4.12. The number of aryl methyl sites for hydroxylation is 2. The minimum absolute atomic E-state index is 0.0400. The van der Waals surface area contributed by atoms with Gasteiger partial charge in [0.1, 0.15) is 0 Å². The van der Waals surface area contributed by atoms with E-state index in [0.29, 0.717) is 25.2 Å². The highest BCUT2D eigenvalue weighted by atomic mass is 16.5. The van der Waals surface area contributed by atoms with Crippen LogP contribution in [0.25, 0.3) is 0 Å². The van der Waals surface area contributed by atoms with E-state index in [1.54, 1.807) is 11.1 Å². The lowest BCUT2D eigenvalue weighted by molar-refractivity contribution is -0.130. The number of hydrogen-bond acceptors (Lipinski definition) is 6. The van der Waals surface area contributed by atoms with E-state index in [9.17, 15) is 9.90 Å². The maximum absolute atomic E-state index is 12.4. The lowest BCUT2D eigenvalue weighted by Gasteiger charge is -2.19. The Bertz CT molecular complexity index is 698. The van der Waals surface area contributed by atoms with Gasteiger partial charge in [0.05, 0.1) is 13.0 Å². The van der Waals surface area contributed by atoms with E-state index in [4.69, 9.17) is 4.52 Å². The first-order valence-corrected chi connectivity index (χ1v) is 7.75. The average molecular weight is 316 g/mol. The summed E-state index contributed by atoms with van der Waals surface area (Å²) in [5.41, 5.74) is 0.531. The summed E-state index contributed by atoms with van der Waals surface area (Å²) in [6, 6.07) is 3.78. The molecule has 0 spiro atoms. The molecule has 1 aliphatic heterocycles. The Hall–Kier alpha value is -2.28. The van der Waals surface area contributed by atoms with Crippen LogP contribution in [0.15, 0.2) is 22.9 Å². The zero-order valence-corrected chi connectivity index (χ0v) is 13.3. The predicted molar refractivity (Wildman–Crippen MR) is 81.4 cm³/mol. The molecule has 2 aromatic heterocycles. The first-order valence-electron chi connectivity index (χ1n) is 7.75. The number of nitrogens with zero attached hydrogens (tertiary/aromatic N) is 4. The highest BCUT2D eigenvalue weighted by Crippen LogP contribution is 2.31. The van der Waals surface area contributed by atoms with Crippen molar-refractivity contribution in [2.45, 2.75) is 38.7 Å². The van der Waals surface area contributed by atoms with Crippen molar-refractivity contribution in [3.63, 3.8) is 0 Å². The molecule has 122 valence electrons. The maximum Gasteiger partial charge on any atom is 0.260 e. The molecule has 1 fully saturated rings. The van der Waals surface area contributed by atoms with Gasteiger partial charge in [-0.15, -0.1) is 0 Å². The molecule has 1 aliphatic rings. The number of hydrogen-bond donors (Lipinski definition) is 1. The fourth-order valence-corrected chi connectivity index (χ4v) is 2.66. The number of carbonyl (C=O) groups excluding carboxylic acids is 1. The second kappa shape index (κ2) is 6.08. The standard InChI is InChI=1S/C16H20N4O3/c1-3-13-18-15(23-19-13)16(22)6-7-20(10-16)14(21)8-12-5-4-11(2)17-9-12/h4-5,9,22H,3,6-8,10H2,1-2H3. The summed E-state index contributed by atoms with van der Waals surface area (Å²) in [4.78, 5) is 22.4. The van der Waals surface area contributed by atoms with Crippen LogP contribution in [0.3, 0.4) is 0 Å². The molecule has 1 amide bonds. The van der Waals surface area contributed by atoms with Crippen LogP contribution >= 0.6 is 0 Å².